The second kappa shape index (κ2) is 7.10. The van der Waals surface area contributed by atoms with Gasteiger partial charge >= 0.3 is 12.1 Å². The van der Waals surface area contributed by atoms with E-state index < -0.39 is 11.7 Å². The van der Waals surface area contributed by atoms with Crippen LogP contribution in [0, 0.1) is 0 Å². The van der Waals surface area contributed by atoms with E-state index in [-0.39, 0.29) is 12.4 Å². The van der Waals surface area contributed by atoms with E-state index in [1.807, 2.05) is 0 Å². The smallest absolute Gasteiger partial charge is 0.416 e. The van der Waals surface area contributed by atoms with Crippen LogP contribution in [0.2, 0.25) is 0 Å². The summed E-state index contributed by atoms with van der Waals surface area (Å²) in [5, 5.41) is 4.41. The van der Waals surface area contributed by atoms with Crippen molar-refractivity contribution in [2.45, 2.75) is 17.6 Å². The summed E-state index contributed by atoms with van der Waals surface area (Å²) in [6.07, 6.45) is -4.20. The van der Waals surface area contributed by atoms with E-state index in [1.165, 1.54) is 24.9 Å². The van der Waals surface area contributed by atoms with E-state index in [0.717, 1.165) is 23.7 Å². The number of hydrogen-bond donors (Lipinski definition) is 0. The van der Waals surface area contributed by atoms with Crippen LogP contribution in [-0.4, -0.2) is 28.4 Å². The SMILES string of the molecule is COC(=O)CCSc1nnsc1-c1cccc(C(F)(F)F)c1. The molecule has 0 saturated carbocycles. The number of aromatic nitrogens is 2. The van der Waals surface area contributed by atoms with E-state index >= 15 is 0 Å². The van der Waals surface area contributed by atoms with E-state index in [9.17, 15) is 18.0 Å². The van der Waals surface area contributed by atoms with Gasteiger partial charge in [-0.1, -0.05) is 16.6 Å². The molecule has 4 nitrogen and oxygen atoms in total. The highest BCUT2D eigenvalue weighted by Crippen LogP contribution is 2.36. The second-order valence-electron chi connectivity index (χ2n) is 4.16. The van der Waals surface area contributed by atoms with Gasteiger partial charge < -0.3 is 4.74 Å². The first-order chi connectivity index (χ1) is 10.4. The van der Waals surface area contributed by atoms with Crippen LogP contribution in [-0.2, 0) is 15.7 Å². The molecule has 0 aliphatic heterocycles. The number of benzene rings is 1. The molecule has 2 aromatic rings. The highest BCUT2D eigenvalue weighted by Gasteiger charge is 2.30. The molecule has 22 heavy (non-hydrogen) atoms. The van der Waals surface area contributed by atoms with Crippen LogP contribution in [0.15, 0.2) is 29.3 Å². The summed E-state index contributed by atoms with van der Waals surface area (Å²) in [4.78, 5) is 11.6. The Balaban J connectivity index is 2.17. The second-order valence-corrected chi connectivity index (χ2v) is 6.00. The van der Waals surface area contributed by atoms with E-state index in [1.54, 1.807) is 6.07 Å². The normalized spacial score (nSPS) is 11.5. The van der Waals surface area contributed by atoms with Crippen LogP contribution in [0.4, 0.5) is 13.2 Å². The molecule has 0 atom stereocenters. The summed E-state index contributed by atoms with van der Waals surface area (Å²) in [6.45, 7) is 0. The van der Waals surface area contributed by atoms with E-state index in [2.05, 4.69) is 14.3 Å². The first-order valence-corrected chi connectivity index (χ1v) is 7.87. The van der Waals surface area contributed by atoms with Crippen LogP contribution in [0.1, 0.15) is 12.0 Å². The minimum absolute atomic E-state index is 0.195. The van der Waals surface area contributed by atoms with Gasteiger partial charge in [0.05, 0.1) is 24.0 Å². The molecule has 0 amide bonds. The third-order valence-corrected chi connectivity index (χ3v) is 4.55. The topological polar surface area (TPSA) is 52.1 Å². The number of esters is 1. The van der Waals surface area contributed by atoms with Gasteiger partial charge in [0.25, 0.3) is 0 Å². The maximum Gasteiger partial charge on any atom is 0.416 e. The Kier molecular flexibility index (Phi) is 5.41. The quantitative estimate of drug-likeness (QED) is 0.606. The minimum Gasteiger partial charge on any atom is -0.469 e. The molecular weight excluding hydrogens is 337 g/mol. The van der Waals surface area contributed by atoms with Crippen molar-refractivity contribution in [1.29, 1.82) is 0 Å². The molecule has 1 aromatic carbocycles. The predicted molar refractivity (Wildman–Crippen MR) is 77.7 cm³/mol. The number of thioether (sulfide) groups is 1. The Bertz CT molecular complexity index is 659. The first kappa shape index (κ1) is 16.8. The summed E-state index contributed by atoms with van der Waals surface area (Å²) in [6, 6.07) is 5.01. The van der Waals surface area contributed by atoms with E-state index in [4.69, 9.17) is 0 Å². The zero-order valence-electron chi connectivity index (χ0n) is 11.4. The lowest BCUT2D eigenvalue weighted by Crippen LogP contribution is -2.04. The molecule has 1 aromatic heterocycles. The lowest BCUT2D eigenvalue weighted by atomic mass is 10.1. The molecule has 0 N–H and O–H groups in total. The van der Waals surface area contributed by atoms with Gasteiger partial charge in [0.15, 0.2) is 0 Å². The molecule has 0 saturated heterocycles. The summed E-state index contributed by atoms with van der Waals surface area (Å²) < 4.78 is 46.6. The third kappa shape index (κ3) is 4.20. The number of methoxy groups -OCH3 is 1. The van der Waals surface area contributed by atoms with Gasteiger partial charge in [0, 0.05) is 5.75 Å². The number of carbonyl (C=O) groups is 1. The van der Waals surface area contributed by atoms with Crippen LogP contribution in [0.25, 0.3) is 10.4 Å². The van der Waals surface area contributed by atoms with Gasteiger partial charge in [0.1, 0.15) is 5.03 Å². The lowest BCUT2D eigenvalue weighted by Gasteiger charge is -2.08. The first-order valence-electron chi connectivity index (χ1n) is 6.11. The summed E-state index contributed by atoms with van der Waals surface area (Å²) in [7, 11) is 1.30. The van der Waals surface area contributed by atoms with Gasteiger partial charge in [-0.3, -0.25) is 4.79 Å². The number of hydrogen-bond acceptors (Lipinski definition) is 6. The Morgan fingerprint density at radius 2 is 2.18 bits per heavy atom. The molecule has 0 radical (unpaired) electrons. The van der Waals surface area contributed by atoms with Crippen molar-refractivity contribution in [3.63, 3.8) is 0 Å². The van der Waals surface area contributed by atoms with Crippen molar-refractivity contribution in [3.8, 4) is 10.4 Å². The maximum absolute atomic E-state index is 12.8. The average molecular weight is 348 g/mol. The molecule has 0 fully saturated rings. The maximum atomic E-state index is 12.8. The lowest BCUT2D eigenvalue weighted by molar-refractivity contribution is -0.140. The molecule has 2 rings (SSSR count). The van der Waals surface area contributed by atoms with Crippen LogP contribution in [0.5, 0.6) is 0 Å². The zero-order chi connectivity index (χ0) is 16.2. The van der Waals surface area contributed by atoms with Crippen molar-refractivity contribution in [2.75, 3.05) is 12.9 Å². The zero-order valence-corrected chi connectivity index (χ0v) is 13.0. The number of carbonyl (C=O) groups excluding carboxylic acids is 1. The fourth-order valence-electron chi connectivity index (χ4n) is 1.62. The molecular formula is C13H11F3N2O2S2. The molecule has 0 aliphatic rings. The van der Waals surface area contributed by atoms with Gasteiger partial charge in [-0.15, -0.1) is 16.9 Å². The molecule has 0 spiro atoms. The van der Waals surface area contributed by atoms with Crippen molar-refractivity contribution in [1.82, 2.24) is 9.59 Å². The van der Waals surface area contributed by atoms with E-state index in [0.29, 0.717) is 21.2 Å². The van der Waals surface area contributed by atoms with Crippen molar-refractivity contribution >= 4 is 29.3 Å². The van der Waals surface area contributed by atoms with Crippen molar-refractivity contribution < 1.29 is 22.7 Å². The third-order valence-electron chi connectivity index (χ3n) is 2.68. The largest absolute Gasteiger partial charge is 0.469 e. The molecule has 1 heterocycles. The molecule has 0 aliphatic carbocycles. The fourth-order valence-corrected chi connectivity index (χ4v) is 3.33. The highest BCUT2D eigenvalue weighted by atomic mass is 32.2. The number of rotatable bonds is 5. The van der Waals surface area contributed by atoms with Crippen molar-refractivity contribution in [2.24, 2.45) is 0 Å². The van der Waals surface area contributed by atoms with Crippen LogP contribution in [0.3, 0.4) is 0 Å². The predicted octanol–water partition coefficient (Wildman–Crippen LogP) is 3.88. The molecule has 0 bridgehead atoms. The Hall–Kier alpha value is -1.61. The number of alkyl halides is 3. The Morgan fingerprint density at radius 3 is 2.86 bits per heavy atom. The fraction of sp³-hybridized carbons (Fsp3) is 0.308. The summed E-state index contributed by atoms with van der Waals surface area (Å²) >= 11 is 2.28. The molecule has 0 unspecified atom stereocenters. The monoisotopic (exact) mass is 348 g/mol. The van der Waals surface area contributed by atoms with Gasteiger partial charge in [0.2, 0.25) is 0 Å². The molecule has 9 heteroatoms. The van der Waals surface area contributed by atoms with Gasteiger partial charge in [-0.05, 0) is 29.2 Å². The molecule has 118 valence electrons. The Labute approximate surface area is 132 Å². The highest BCUT2D eigenvalue weighted by molar-refractivity contribution is 7.99. The van der Waals surface area contributed by atoms with Gasteiger partial charge in [-0.25, -0.2) is 0 Å². The van der Waals surface area contributed by atoms with Crippen molar-refractivity contribution in [3.05, 3.63) is 29.8 Å². The number of nitrogens with zero attached hydrogens (tertiary/aromatic N) is 2. The summed E-state index contributed by atoms with van der Waals surface area (Å²) in [5.74, 6) is 0.0700. The minimum atomic E-state index is -4.40. The van der Waals surface area contributed by atoms with Gasteiger partial charge in [-0.2, -0.15) is 13.2 Å². The standard InChI is InChI=1S/C13H11F3N2O2S2/c1-20-10(19)5-6-21-12-11(22-18-17-12)8-3-2-4-9(7-8)13(14,15)16/h2-4,7H,5-6H2,1H3. The van der Waals surface area contributed by atoms with Crippen LogP contribution < -0.4 is 0 Å². The van der Waals surface area contributed by atoms with Crippen LogP contribution >= 0.6 is 23.3 Å². The number of ether oxygens (including phenoxy) is 1. The summed E-state index contributed by atoms with van der Waals surface area (Å²) in [5.41, 5.74) is -0.311. The number of halogens is 3. The average Bonchev–Trinajstić information content (AvgIpc) is 2.95. The Morgan fingerprint density at radius 1 is 1.41 bits per heavy atom.